The maximum Gasteiger partial charge on any atom is 0.338 e. The van der Waals surface area contributed by atoms with Crippen molar-refractivity contribution in [2.75, 3.05) is 11.9 Å². The lowest BCUT2D eigenvalue weighted by Gasteiger charge is -2.06. The first kappa shape index (κ1) is 15.2. The van der Waals surface area contributed by atoms with E-state index in [0.717, 1.165) is 0 Å². The van der Waals surface area contributed by atoms with E-state index in [1.54, 1.807) is 12.1 Å². The van der Waals surface area contributed by atoms with E-state index < -0.39 is 24.3 Å². The van der Waals surface area contributed by atoms with Crippen LogP contribution in [0.3, 0.4) is 0 Å². The first-order chi connectivity index (χ1) is 10.6. The SMILES string of the molecule is N#Cc1cccc(C(=O)OCC(=O)Nc2ccc(F)cc2)c1. The second-order valence-electron chi connectivity index (χ2n) is 4.32. The molecular formula is C16H11FN2O3. The molecule has 0 saturated heterocycles. The largest absolute Gasteiger partial charge is 0.452 e. The number of amides is 1. The van der Waals surface area contributed by atoms with Gasteiger partial charge in [0.1, 0.15) is 5.82 Å². The van der Waals surface area contributed by atoms with Crippen LogP contribution in [0.2, 0.25) is 0 Å². The summed E-state index contributed by atoms with van der Waals surface area (Å²) in [5.74, 6) is -1.66. The summed E-state index contributed by atoms with van der Waals surface area (Å²) >= 11 is 0. The van der Waals surface area contributed by atoms with Gasteiger partial charge in [0.25, 0.3) is 5.91 Å². The second kappa shape index (κ2) is 6.99. The molecule has 0 unspecified atom stereocenters. The van der Waals surface area contributed by atoms with Gasteiger partial charge in [0.05, 0.1) is 17.2 Å². The van der Waals surface area contributed by atoms with Crippen molar-refractivity contribution in [3.63, 3.8) is 0 Å². The van der Waals surface area contributed by atoms with Gasteiger partial charge in [-0.1, -0.05) is 6.07 Å². The maximum absolute atomic E-state index is 12.7. The molecule has 0 bridgehead atoms. The lowest BCUT2D eigenvalue weighted by atomic mass is 10.1. The molecule has 0 fully saturated rings. The molecule has 2 aromatic carbocycles. The highest BCUT2D eigenvalue weighted by molar-refractivity contribution is 5.95. The zero-order chi connectivity index (χ0) is 15.9. The Bertz CT molecular complexity index is 736. The van der Waals surface area contributed by atoms with Gasteiger partial charge in [-0.15, -0.1) is 0 Å². The number of anilines is 1. The summed E-state index contributed by atoms with van der Waals surface area (Å²) in [5.41, 5.74) is 0.910. The molecule has 0 saturated carbocycles. The summed E-state index contributed by atoms with van der Waals surface area (Å²) in [6, 6.07) is 13.1. The average molecular weight is 298 g/mol. The molecule has 0 heterocycles. The van der Waals surface area contributed by atoms with E-state index in [1.807, 2.05) is 6.07 Å². The molecule has 0 spiro atoms. The van der Waals surface area contributed by atoms with Gasteiger partial charge in [-0.2, -0.15) is 5.26 Å². The van der Waals surface area contributed by atoms with E-state index in [2.05, 4.69) is 5.32 Å². The molecule has 2 aromatic rings. The van der Waals surface area contributed by atoms with E-state index in [4.69, 9.17) is 10.00 Å². The highest BCUT2D eigenvalue weighted by Gasteiger charge is 2.11. The first-order valence-electron chi connectivity index (χ1n) is 6.31. The summed E-state index contributed by atoms with van der Waals surface area (Å²) in [5, 5.41) is 11.2. The quantitative estimate of drug-likeness (QED) is 0.879. The molecule has 2 rings (SSSR count). The van der Waals surface area contributed by atoms with Crippen LogP contribution in [-0.4, -0.2) is 18.5 Å². The Hall–Kier alpha value is -3.20. The van der Waals surface area contributed by atoms with E-state index in [0.29, 0.717) is 11.3 Å². The third-order valence-electron chi connectivity index (χ3n) is 2.69. The number of carbonyl (C=O) groups excluding carboxylic acids is 2. The van der Waals surface area contributed by atoms with Crippen LogP contribution in [0.1, 0.15) is 15.9 Å². The molecule has 0 aliphatic heterocycles. The molecular weight excluding hydrogens is 287 g/mol. The van der Waals surface area contributed by atoms with Crippen LogP contribution in [0.4, 0.5) is 10.1 Å². The Morgan fingerprint density at radius 2 is 1.91 bits per heavy atom. The summed E-state index contributed by atoms with van der Waals surface area (Å²) in [6.07, 6.45) is 0. The van der Waals surface area contributed by atoms with Crippen LogP contribution >= 0.6 is 0 Å². The molecule has 0 atom stereocenters. The fourth-order valence-electron chi connectivity index (χ4n) is 1.66. The van der Waals surface area contributed by atoms with Crippen molar-refractivity contribution in [2.45, 2.75) is 0 Å². The second-order valence-corrected chi connectivity index (χ2v) is 4.32. The van der Waals surface area contributed by atoms with Crippen molar-refractivity contribution < 1.29 is 18.7 Å². The lowest BCUT2D eigenvalue weighted by molar-refractivity contribution is -0.119. The van der Waals surface area contributed by atoms with Crippen LogP contribution in [0.25, 0.3) is 0 Å². The van der Waals surface area contributed by atoms with Crippen LogP contribution in [0.5, 0.6) is 0 Å². The number of rotatable bonds is 4. The number of carbonyl (C=O) groups is 2. The zero-order valence-electron chi connectivity index (χ0n) is 11.4. The molecule has 110 valence electrons. The first-order valence-corrected chi connectivity index (χ1v) is 6.31. The number of nitrogens with zero attached hydrogens (tertiary/aromatic N) is 1. The smallest absolute Gasteiger partial charge is 0.338 e. The van der Waals surface area contributed by atoms with Crippen molar-refractivity contribution in [1.29, 1.82) is 5.26 Å². The topological polar surface area (TPSA) is 79.2 Å². The minimum atomic E-state index is -0.702. The van der Waals surface area contributed by atoms with Gasteiger partial charge in [-0.25, -0.2) is 9.18 Å². The van der Waals surface area contributed by atoms with Crippen LogP contribution in [0.15, 0.2) is 48.5 Å². The summed E-state index contributed by atoms with van der Waals surface area (Å²) in [6.45, 7) is -0.479. The van der Waals surface area contributed by atoms with Gasteiger partial charge in [0.2, 0.25) is 0 Å². The van der Waals surface area contributed by atoms with Gasteiger partial charge >= 0.3 is 5.97 Å². The Labute approximate surface area is 125 Å². The van der Waals surface area contributed by atoms with Crippen molar-refractivity contribution in [3.8, 4) is 6.07 Å². The Balaban J connectivity index is 1.89. The normalized spacial score (nSPS) is 9.64. The fraction of sp³-hybridized carbons (Fsp3) is 0.0625. The molecule has 0 aliphatic rings. The van der Waals surface area contributed by atoms with Gasteiger partial charge in [0.15, 0.2) is 6.61 Å². The van der Waals surface area contributed by atoms with Gasteiger partial charge in [-0.05, 0) is 42.5 Å². The Morgan fingerprint density at radius 3 is 2.59 bits per heavy atom. The van der Waals surface area contributed by atoms with Crippen LogP contribution in [-0.2, 0) is 9.53 Å². The number of ether oxygens (including phenoxy) is 1. The number of halogens is 1. The predicted octanol–water partition coefficient (Wildman–Crippen LogP) is 2.49. The summed E-state index contributed by atoms with van der Waals surface area (Å²) in [7, 11) is 0. The number of hydrogen-bond donors (Lipinski definition) is 1. The van der Waals surface area contributed by atoms with Crippen LogP contribution in [0, 0.1) is 17.1 Å². The third-order valence-corrected chi connectivity index (χ3v) is 2.69. The monoisotopic (exact) mass is 298 g/mol. The summed E-state index contributed by atoms with van der Waals surface area (Å²) in [4.78, 5) is 23.4. The summed E-state index contributed by atoms with van der Waals surface area (Å²) < 4.78 is 17.6. The Morgan fingerprint density at radius 1 is 1.18 bits per heavy atom. The van der Waals surface area contributed by atoms with E-state index in [1.165, 1.54) is 36.4 Å². The van der Waals surface area contributed by atoms with Crippen molar-refractivity contribution in [3.05, 3.63) is 65.5 Å². The van der Waals surface area contributed by atoms with E-state index >= 15 is 0 Å². The van der Waals surface area contributed by atoms with Gasteiger partial charge in [0, 0.05) is 5.69 Å². The molecule has 22 heavy (non-hydrogen) atoms. The van der Waals surface area contributed by atoms with Crippen molar-refractivity contribution in [2.24, 2.45) is 0 Å². The van der Waals surface area contributed by atoms with Crippen LogP contribution < -0.4 is 5.32 Å². The molecule has 0 radical (unpaired) electrons. The molecule has 1 N–H and O–H groups in total. The highest BCUT2D eigenvalue weighted by atomic mass is 19.1. The van der Waals surface area contributed by atoms with Gasteiger partial charge < -0.3 is 10.1 Å². The number of hydrogen-bond acceptors (Lipinski definition) is 4. The molecule has 6 heteroatoms. The number of benzene rings is 2. The predicted molar refractivity (Wildman–Crippen MR) is 76.5 cm³/mol. The average Bonchev–Trinajstić information content (AvgIpc) is 2.55. The number of nitrogens with one attached hydrogen (secondary N) is 1. The van der Waals surface area contributed by atoms with E-state index in [9.17, 15) is 14.0 Å². The molecule has 0 aliphatic carbocycles. The van der Waals surface area contributed by atoms with Gasteiger partial charge in [-0.3, -0.25) is 4.79 Å². The minimum absolute atomic E-state index is 0.189. The highest BCUT2D eigenvalue weighted by Crippen LogP contribution is 2.09. The minimum Gasteiger partial charge on any atom is -0.452 e. The fourth-order valence-corrected chi connectivity index (χ4v) is 1.66. The number of esters is 1. The molecule has 0 aromatic heterocycles. The third kappa shape index (κ3) is 4.15. The standard InChI is InChI=1S/C16H11FN2O3/c17-13-4-6-14(7-5-13)19-15(20)10-22-16(21)12-3-1-2-11(8-12)9-18/h1-8H,10H2,(H,19,20). The Kier molecular flexibility index (Phi) is 4.83. The number of nitriles is 1. The molecule has 5 nitrogen and oxygen atoms in total. The van der Waals surface area contributed by atoms with Crippen molar-refractivity contribution >= 4 is 17.6 Å². The van der Waals surface area contributed by atoms with E-state index in [-0.39, 0.29) is 5.56 Å². The van der Waals surface area contributed by atoms with Crippen molar-refractivity contribution in [1.82, 2.24) is 0 Å². The maximum atomic E-state index is 12.7. The molecule has 1 amide bonds. The zero-order valence-corrected chi connectivity index (χ0v) is 11.4. The lowest BCUT2D eigenvalue weighted by Crippen LogP contribution is -2.20.